The van der Waals surface area contributed by atoms with Crippen LogP contribution in [0.1, 0.15) is 18.1 Å². The molecule has 82 valence electrons. The highest BCUT2D eigenvalue weighted by Crippen LogP contribution is 2.56. The van der Waals surface area contributed by atoms with Gasteiger partial charge >= 0.3 is 7.82 Å². The van der Waals surface area contributed by atoms with Crippen LogP contribution in [-0.4, -0.2) is 18.7 Å². The van der Waals surface area contributed by atoms with Crippen molar-refractivity contribution in [3.8, 4) is 0 Å². The number of aromatic nitrogens is 1. The summed E-state index contributed by atoms with van der Waals surface area (Å²) in [5.41, 5.74) is 0.936. The van der Waals surface area contributed by atoms with Gasteiger partial charge in [-0.3, -0.25) is 18.6 Å². The molecule has 2 atom stereocenters. The minimum absolute atomic E-state index is 0.243. The molecule has 0 amide bonds. The highest BCUT2D eigenvalue weighted by atomic mass is 31.2. The lowest BCUT2D eigenvalue weighted by atomic mass is 10.1. The molecule has 1 aromatic rings. The summed E-state index contributed by atoms with van der Waals surface area (Å²) in [5, 5.41) is 0. The molecule has 1 aromatic heterocycles. The van der Waals surface area contributed by atoms with Gasteiger partial charge in [-0.15, -0.1) is 0 Å². The van der Waals surface area contributed by atoms with Crippen molar-refractivity contribution in [1.82, 2.24) is 4.98 Å². The first-order valence-corrected chi connectivity index (χ1v) is 6.08. The molecule has 6 heteroatoms. The van der Waals surface area contributed by atoms with E-state index in [9.17, 15) is 4.57 Å². The van der Waals surface area contributed by atoms with Crippen molar-refractivity contribution < 1.29 is 18.1 Å². The van der Waals surface area contributed by atoms with Gasteiger partial charge in [-0.1, -0.05) is 0 Å². The second kappa shape index (κ2) is 4.41. The SMILES string of the molecule is COP1(=O)OCC[C@H](c2ccncc2)O1. The summed E-state index contributed by atoms with van der Waals surface area (Å²) in [7, 11) is -2.02. The number of hydrogen-bond donors (Lipinski definition) is 0. The normalized spacial score (nSPS) is 31.4. The monoisotopic (exact) mass is 229 g/mol. The van der Waals surface area contributed by atoms with Crippen LogP contribution in [-0.2, 0) is 18.1 Å². The highest BCUT2D eigenvalue weighted by molar-refractivity contribution is 7.48. The molecule has 2 rings (SSSR count). The van der Waals surface area contributed by atoms with Crippen LogP contribution in [0.5, 0.6) is 0 Å². The molecule has 0 spiro atoms. The average Bonchev–Trinajstić information content (AvgIpc) is 2.30. The Labute approximate surface area is 88.0 Å². The van der Waals surface area contributed by atoms with Crippen molar-refractivity contribution in [3.05, 3.63) is 30.1 Å². The van der Waals surface area contributed by atoms with Crippen molar-refractivity contribution >= 4 is 7.82 Å². The maximum atomic E-state index is 11.7. The Hall–Kier alpha value is -0.740. The third-order valence-electron chi connectivity index (χ3n) is 2.19. The molecule has 0 aliphatic carbocycles. The first-order valence-electron chi connectivity index (χ1n) is 4.62. The zero-order valence-corrected chi connectivity index (χ0v) is 9.22. The fourth-order valence-corrected chi connectivity index (χ4v) is 2.53. The predicted molar refractivity (Wildman–Crippen MR) is 53.2 cm³/mol. The lowest BCUT2D eigenvalue weighted by molar-refractivity contribution is 0.0373. The molecule has 0 radical (unpaired) electrons. The Morgan fingerprint density at radius 2 is 2.27 bits per heavy atom. The number of nitrogens with zero attached hydrogens (tertiary/aromatic N) is 1. The van der Waals surface area contributed by atoms with Crippen molar-refractivity contribution in [3.63, 3.8) is 0 Å². The summed E-state index contributed by atoms with van der Waals surface area (Å²) in [4.78, 5) is 3.91. The summed E-state index contributed by atoms with van der Waals surface area (Å²) < 4.78 is 26.7. The van der Waals surface area contributed by atoms with Gasteiger partial charge in [0.15, 0.2) is 0 Å². The van der Waals surface area contributed by atoms with E-state index in [1.54, 1.807) is 12.4 Å². The second-order valence-corrected chi connectivity index (χ2v) is 4.85. The Bertz CT molecular complexity index is 370. The van der Waals surface area contributed by atoms with Crippen LogP contribution >= 0.6 is 7.82 Å². The third kappa shape index (κ3) is 2.44. The molecule has 5 nitrogen and oxygen atoms in total. The van der Waals surface area contributed by atoms with Crippen molar-refractivity contribution in [2.45, 2.75) is 12.5 Å². The van der Waals surface area contributed by atoms with Crippen LogP contribution in [0.4, 0.5) is 0 Å². The van der Waals surface area contributed by atoms with E-state index < -0.39 is 7.82 Å². The van der Waals surface area contributed by atoms with Crippen molar-refractivity contribution in [2.24, 2.45) is 0 Å². The number of rotatable bonds is 2. The zero-order chi connectivity index (χ0) is 10.7. The Morgan fingerprint density at radius 3 is 2.93 bits per heavy atom. The van der Waals surface area contributed by atoms with Gasteiger partial charge in [-0.2, -0.15) is 0 Å². The molecule has 1 aliphatic rings. The summed E-state index contributed by atoms with van der Waals surface area (Å²) >= 11 is 0. The van der Waals surface area contributed by atoms with Crippen LogP contribution in [0.25, 0.3) is 0 Å². The van der Waals surface area contributed by atoms with Crippen molar-refractivity contribution in [1.29, 1.82) is 0 Å². The van der Waals surface area contributed by atoms with Gasteiger partial charge in [0.1, 0.15) is 0 Å². The predicted octanol–water partition coefficient (Wildman–Crippen LogP) is 2.31. The van der Waals surface area contributed by atoms with E-state index >= 15 is 0 Å². The Kier molecular flexibility index (Phi) is 3.17. The van der Waals surface area contributed by atoms with Gasteiger partial charge in [0, 0.05) is 25.9 Å². The molecule has 1 fully saturated rings. The van der Waals surface area contributed by atoms with E-state index in [2.05, 4.69) is 4.98 Å². The van der Waals surface area contributed by atoms with Gasteiger partial charge in [-0.25, -0.2) is 4.57 Å². The summed E-state index contributed by atoms with van der Waals surface area (Å²) in [5.74, 6) is 0. The summed E-state index contributed by atoms with van der Waals surface area (Å²) in [6.45, 7) is 0.373. The second-order valence-electron chi connectivity index (χ2n) is 3.13. The molecule has 1 saturated heterocycles. The van der Waals surface area contributed by atoms with Crippen LogP contribution in [0.15, 0.2) is 24.5 Å². The third-order valence-corrected chi connectivity index (χ3v) is 3.65. The van der Waals surface area contributed by atoms with Gasteiger partial charge in [0.2, 0.25) is 0 Å². The molecule has 1 aliphatic heterocycles. The quantitative estimate of drug-likeness (QED) is 0.728. The fraction of sp³-hybridized carbons (Fsp3) is 0.444. The maximum absolute atomic E-state index is 11.7. The van der Waals surface area contributed by atoms with E-state index in [0.29, 0.717) is 13.0 Å². The standard InChI is InChI=1S/C9H12NO4P/c1-12-15(11)13-7-4-9(14-15)8-2-5-10-6-3-8/h2-3,5-6,9H,4,7H2,1H3/t9-,15?/m1/s1. The summed E-state index contributed by atoms with van der Waals surface area (Å²) in [6, 6.07) is 3.66. The number of hydrogen-bond acceptors (Lipinski definition) is 5. The van der Waals surface area contributed by atoms with E-state index in [0.717, 1.165) is 5.56 Å². The van der Waals surface area contributed by atoms with E-state index in [-0.39, 0.29) is 6.10 Å². The Morgan fingerprint density at radius 1 is 1.53 bits per heavy atom. The van der Waals surface area contributed by atoms with Crippen LogP contribution in [0.2, 0.25) is 0 Å². The lowest BCUT2D eigenvalue weighted by Crippen LogP contribution is -2.14. The van der Waals surface area contributed by atoms with Crippen LogP contribution < -0.4 is 0 Å². The maximum Gasteiger partial charge on any atom is 0.475 e. The van der Waals surface area contributed by atoms with Crippen LogP contribution in [0, 0.1) is 0 Å². The van der Waals surface area contributed by atoms with E-state index in [1.807, 2.05) is 12.1 Å². The molecule has 0 N–H and O–H groups in total. The lowest BCUT2D eigenvalue weighted by Gasteiger charge is -2.27. The number of pyridine rings is 1. The molecule has 0 saturated carbocycles. The minimum atomic E-state index is -3.34. The topological polar surface area (TPSA) is 57.7 Å². The minimum Gasteiger partial charge on any atom is -0.290 e. The largest absolute Gasteiger partial charge is 0.475 e. The van der Waals surface area contributed by atoms with Gasteiger partial charge in [-0.05, 0) is 17.7 Å². The van der Waals surface area contributed by atoms with Gasteiger partial charge in [0.25, 0.3) is 0 Å². The van der Waals surface area contributed by atoms with Gasteiger partial charge in [0.05, 0.1) is 12.7 Å². The number of phosphoric ester groups is 1. The molecule has 0 bridgehead atoms. The van der Waals surface area contributed by atoms with Crippen molar-refractivity contribution in [2.75, 3.05) is 13.7 Å². The molecule has 15 heavy (non-hydrogen) atoms. The zero-order valence-electron chi connectivity index (χ0n) is 8.33. The molecular formula is C9H12NO4P. The fourth-order valence-electron chi connectivity index (χ4n) is 1.41. The molecule has 1 unspecified atom stereocenters. The number of phosphoric acid groups is 1. The van der Waals surface area contributed by atoms with E-state index in [1.165, 1.54) is 7.11 Å². The smallest absolute Gasteiger partial charge is 0.290 e. The molecule has 2 heterocycles. The van der Waals surface area contributed by atoms with E-state index in [4.69, 9.17) is 13.6 Å². The van der Waals surface area contributed by atoms with Gasteiger partial charge < -0.3 is 0 Å². The highest BCUT2D eigenvalue weighted by Gasteiger charge is 2.34. The van der Waals surface area contributed by atoms with Crippen LogP contribution in [0.3, 0.4) is 0 Å². The molecular weight excluding hydrogens is 217 g/mol. The first-order chi connectivity index (χ1) is 7.23. The first kappa shape index (κ1) is 10.8. The molecule has 0 aromatic carbocycles. The summed E-state index contributed by atoms with van der Waals surface area (Å²) in [6.07, 6.45) is 3.77. The average molecular weight is 229 g/mol. The Balaban J connectivity index is 2.15.